The van der Waals surface area contributed by atoms with Crippen molar-refractivity contribution in [1.82, 2.24) is 4.90 Å². The van der Waals surface area contributed by atoms with Crippen LogP contribution in [0.1, 0.15) is 65.4 Å². The van der Waals surface area contributed by atoms with Gasteiger partial charge in [0.05, 0.1) is 0 Å². The Balaban J connectivity index is 0.000000660. The van der Waals surface area contributed by atoms with E-state index in [2.05, 4.69) is 45.9 Å². The van der Waals surface area contributed by atoms with E-state index in [1.807, 2.05) is 13.1 Å². The number of rotatable bonds is 9. The van der Waals surface area contributed by atoms with Crippen molar-refractivity contribution >= 4 is 5.91 Å². The molecule has 3 heteroatoms. The lowest BCUT2D eigenvalue weighted by Crippen LogP contribution is -2.27. The van der Waals surface area contributed by atoms with Gasteiger partial charge in [0.1, 0.15) is 5.82 Å². The Labute approximate surface area is 159 Å². The average Bonchev–Trinajstić information content (AvgIpc) is 2.65. The SMILES string of the molecule is C/C=C(C)\C=C/CC.CCCCN(C)C(=O)CCCc1ccccc1F. The second kappa shape index (κ2) is 15.4. The molecule has 146 valence electrons. The van der Waals surface area contributed by atoms with Gasteiger partial charge in [0.2, 0.25) is 5.91 Å². The van der Waals surface area contributed by atoms with Crippen LogP contribution >= 0.6 is 0 Å². The van der Waals surface area contributed by atoms with Crippen molar-refractivity contribution in [2.45, 2.75) is 66.2 Å². The quantitative estimate of drug-likeness (QED) is 0.471. The first-order valence-electron chi connectivity index (χ1n) is 9.73. The minimum atomic E-state index is -0.177. The Morgan fingerprint density at radius 1 is 1.19 bits per heavy atom. The maximum Gasteiger partial charge on any atom is 0.222 e. The number of aryl methyl sites for hydroxylation is 1. The number of benzene rings is 1. The van der Waals surface area contributed by atoms with Gasteiger partial charge in [-0.3, -0.25) is 4.79 Å². The molecule has 0 saturated heterocycles. The second-order valence-electron chi connectivity index (χ2n) is 6.46. The van der Waals surface area contributed by atoms with E-state index in [0.29, 0.717) is 24.8 Å². The van der Waals surface area contributed by atoms with Gasteiger partial charge in [-0.2, -0.15) is 0 Å². The highest BCUT2D eigenvalue weighted by Crippen LogP contribution is 2.10. The van der Waals surface area contributed by atoms with Crippen molar-refractivity contribution in [3.63, 3.8) is 0 Å². The summed E-state index contributed by atoms with van der Waals surface area (Å²) < 4.78 is 13.3. The molecule has 0 N–H and O–H groups in total. The van der Waals surface area contributed by atoms with Crippen LogP contribution in [0.3, 0.4) is 0 Å². The summed E-state index contributed by atoms with van der Waals surface area (Å²) in [6, 6.07) is 6.75. The minimum absolute atomic E-state index is 0.153. The van der Waals surface area contributed by atoms with Crippen molar-refractivity contribution < 1.29 is 9.18 Å². The third-order valence-corrected chi connectivity index (χ3v) is 4.14. The molecule has 0 aliphatic heterocycles. The molecule has 0 atom stereocenters. The maximum atomic E-state index is 13.3. The standard InChI is InChI=1S/C15H22FNO.C8H14/c1-3-4-12-17(2)15(18)11-7-9-13-8-5-6-10-14(13)16;1-4-6-7-8(3)5-2/h5-6,8,10H,3-4,7,9,11-12H2,1-2H3;5-7H,4H2,1-3H3/b;7-6-,8-5-. The Morgan fingerprint density at radius 2 is 1.88 bits per heavy atom. The van der Waals surface area contributed by atoms with Crippen molar-refractivity contribution in [2.75, 3.05) is 13.6 Å². The molecular weight excluding hydrogens is 325 g/mol. The van der Waals surface area contributed by atoms with Gasteiger partial charge in [-0.15, -0.1) is 0 Å². The molecule has 1 rings (SSSR count). The highest BCUT2D eigenvalue weighted by Gasteiger charge is 2.08. The van der Waals surface area contributed by atoms with E-state index in [1.54, 1.807) is 17.0 Å². The van der Waals surface area contributed by atoms with Gasteiger partial charge in [0.25, 0.3) is 0 Å². The van der Waals surface area contributed by atoms with E-state index in [4.69, 9.17) is 0 Å². The molecule has 0 saturated carbocycles. The summed E-state index contributed by atoms with van der Waals surface area (Å²) in [5.74, 6) is -0.0240. The Morgan fingerprint density at radius 3 is 2.46 bits per heavy atom. The van der Waals surface area contributed by atoms with Gasteiger partial charge in [-0.05, 0) is 51.2 Å². The molecular formula is C23H36FNO. The van der Waals surface area contributed by atoms with Crippen LogP contribution in [0, 0.1) is 5.82 Å². The van der Waals surface area contributed by atoms with Gasteiger partial charge in [0, 0.05) is 20.0 Å². The Kier molecular flexibility index (Phi) is 14.2. The van der Waals surface area contributed by atoms with Crippen LogP contribution in [0.4, 0.5) is 4.39 Å². The highest BCUT2D eigenvalue weighted by molar-refractivity contribution is 5.75. The fraction of sp³-hybridized carbons (Fsp3) is 0.522. The van der Waals surface area contributed by atoms with Crippen molar-refractivity contribution in [3.8, 4) is 0 Å². The average molecular weight is 362 g/mol. The molecule has 0 aliphatic rings. The molecule has 0 heterocycles. The van der Waals surface area contributed by atoms with Gasteiger partial charge >= 0.3 is 0 Å². The molecule has 0 aromatic heterocycles. The zero-order chi connectivity index (χ0) is 19.8. The maximum absolute atomic E-state index is 13.3. The van der Waals surface area contributed by atoms with Crippen LogP contribution in [-0.2, 0) is 11.2 Å². The molecule has 1 aromatic rings. The normalized spacial score (nSPS) is 11.2. The lowest BCUT2D eigenvalue weighted by atomic mass is 10.1. The van der Waals surface area contributed by atoms with Gasteiger partial charge in [0.15, 0.2) is 0 Å². The summed E-state index contributed by atoms with van der Waals surface area (Å²) in [7, 11) is 1.83. The minimum Gasteiger partial charge on any atom is -0.346 e. The molecule has 0 unspecified atom stereocenters. The topological polar surface area (TPSA) is 20.3 Å². The van der Waals surface area contributed by atoms with Crippen LogP contribution < -0.4 is 0 Å². The summed E-state index contributed by atoms with van der Waals surface area (Å²) in [6.45, 7) is 9.21. The molecule has 1 amide bonds. The predicted molar refractivity (Wildman–Crippen MR) is 111 cm³/mol. The molecule has 2 nitrogen and oxygen atoms in total. The number of unbranched alkanes of at least 4 members (excludes halogenated alkanes) is 1. The van der Waals surface area contributed by atoms with Gasteiger partial charge < -0.3 is 4.90 Å². The number of nitrogens with zero attached hydrogens (tertiary/aromatic N) is 1. The molecule has 1 aromatic carbocycles. The molecule has 0 radical (unpaired) electrons. The number of amides is 1. The first kappa shape index (κ1) is 24.1. The number of carbonyl (C=O) groups is 1. The molecule has 26 heavy (non-hydrogen) atoms. The molecule has 0 bridgehead atoms. The van der Waals surface area contributed by atoms with Crippen LogP contribution in [0.25, 0.3) is 0 Å². The van der Waals surface area contributed by atoms with E-state index >= 15 is 0 Å². The largest absolute Gasteiger partial charge is 0.346 e. The summed E-state index contributed by atoms with van der Waals surface area (Å²) in [6.07, 6.45) is 11.5. The molecule has 0 aliphatic carbocycles. The fourth-order valence-corrected chi connectivity index (χ4v) is 2.24. The third-order valence-electron chi connectivity index (χ3n) is 4.14. The second-order valence-corrected chi connectivity index (χ2v) is 6.46. The number of halogens is 1. The summed E-state index contributed by atoms with van der Waals surface area (Å²) in [5.41, 5.74) is 2.04. The van der Waals surface area contributed by atoms with Crippen molar-refractivity contribution in [1.29, 1.82) is 0 Å². The lowest BCUT2D eigenvalue weighted by Gasteiger charge is -2.16. The number of allylic oxidation sites excluding steroid dienone is 4. The summed E-state index contributed by atoms with van der Waals surface area (Å²) >= 11 is 0. The van der Waals surface area contributed by atoms with E-state index in [-0.39, 0.29) is 11.7 Å². The number of carbonyl (C=O) groups excluding carboxylic acids is 1. The summed E-state index contributed by atoms with van der Waals surface area (Å²) in [4.78, 5) is 13.5. The van der Waals surface area contributed by atoms with Gasteiger partial charge in [-0.1, -0.05) is 62.3 Å². The third kappa shape index (κ3) is 11.6. The number of hydrogen-bond donors (Lipinski definition) is 0. The van der Waals surface area contributed by atoms with Crippen LogP contribution in [0.5, 0.6) is 0 Å². The van der Waals surface area contributed by atoms with E-state index in [1.165, 1.54) is 11.6 Å². The van der Waals surface area contributed by atoms with Gasteiger partial charge in [-0.25, -0.2) is 4.39 Å². The fourth-order valence-electron chi connectivity index (χ4n) is 2.24. The zero-order valence-electron chi connectivity index (χ0n) is 17.2. The first-order valence-corrected chi connectivity index (χ1v) is 9.73. The first-order chi connectivity index (χ1) is 12.5. The predicted octanol–water partition coefficient (Wildman–Crippen LogP) is 6.33. The van der Waals surface area contributed by atoms with Crippen LogP contribution in [-0.4, -0.2) is 24.4 Å². The van der Waals surface area contributed by atoms with Crippen molar-refractivity contribution in [3.05, 3.63) is 59.4 Å². The number of hydrogen-bond acceptors (Lipinski definition) is 1. The van der Waals surface area contributed by atoms with E-state index in [0.717, 1.165) is 25.8 Å². The summed E-state index contributed by atoms with van der Waals surface area (Å²) in [5, 5.41) is 0. The highest BCUT2D eigenvalue weighted by atomic mass is 19.1. The smallest absolute Gasteiger partial charge is 0.222 e. The van der Waals surface area contributed by atoms with E-state index < -0.39 is 0 Å². The van der Waals surface area contributed by atoms with Crippen molar-refractivity contribution in [2.24, 2.45) is 0 Å². The Bertz CT molecular complexity index is 563. The molecule has 0 spiro atoms. The van der Waals surface area contributed by atoms with E-state index in [9.17, 15) is 9.18 Å². The molecule has 0 fully saturated rings. The zero-order valence-corrected chi connectivity index (χ0v) is 17.2. The Hall–Kier alpha value is -1.90. The monoisotopic (exact) mass is 361 g/mol. The van der Waals surface area contributed by atoms with Crippen LogP contribution in [0.15, 0.2) is 48.1 Å². The van der Waals surface area contributed by atoms with Crippen LogP contribution in [0.2, 0.25) is 0 Å². The lowest BCUT2D eigenvalue weighted by molar-refractivity contribution is -0.130.